The van der Waals surface area contributed by atoms with E-state index in [1.54, 1.807) is 6.20 Å². The molecule has 1 saturated carbocycles. The predicted octanol–water partition coefficient (Wildman–Crippen LogP) is 4.14. The fourth-order valence-corrected chi connectivity index (χ4v) is 6.12. The minimum absolute atomic E-state index is 0.110. The molecule has 1 N–H and O–H groups in total. The maximum absolute atomic E-state index is 13.0. The number of pyridine rings is 1. The molecule has 1 aliphatic heterocycles. The van der Waals surface area contributed by atoms with Crippen LogP contribution in [0.15, 0.2) is 30.6 Å². The molecule has 9 heteroatoms. The molecule has 33 heavy (non-hydrogen) atoms. The van der Waals surface area contributed by atoms with E-state index in [-0.39, 0.29) is 11.6 Å². The van der Waals surface area contributed by atoms with Gasteiger partial charge in [-0.05, 0) is 52.7 Å². The number of fused-ring (bicyclic) bond motifs is 1. The number of nitrogens with one attached hydrogen (secondary N) is 1. The van der Waals surface area contributed by atoms with Crippen LogP contribution in [0, 0.1) is 4.78 Å². The second-order valence-electron chi connectivity index (χ2n) is 10.3. The molecule has 0 spiro atoms. The molecule has 0 radical (unpaired) electrons. The molecule has 2 fully saturated rings. The summed E-state index contributed by atoms with van der Waals surface area (Å²) in [5.74, 6) is 1.40. The largest absolute Gasteiger partial charge is 0.377 e. The van der Waals surface area contributed by atoms with Crippen molar-refractivity contribution in [3.63, 3.8) is 0 Å². The lowest BCUT2D eigenvalue weighted by molar-refractivity contribution is 0.0985. The van der Waals surface area contributed by atoms with Crippen LogP contribution in [-0.4, -0.2) is 55.8 Å². The highest BCUT2D eigenvalue weighted by atomic mass is 32.2. The first-order valence-corrected chi connectivity index (χ1v) is 13.4. The Hall–Kier alpha value is -2.52. The first kappa shape index (κ1) is 22.3. The van der Waals surface area contributed by atoms with Gasteiger partial charge in [-0.25, -0.2) is 19.2 Å². The summed E-state index contributed by atoms with van der Waals surface area (Å²) in [5, 5.41) is 0.985. The zero-order chi connectivity index (χ0) is 23.6. The van der Waals surface area contributed by atoms with Gasteiger partial charge in [-0.1, -0.05) is 0 Å². The summed E-state index contributed by atoms with van der Waals surface area (Å²) in [7, 11) is -2.81. The highest BCUT2D eigenvalue weighted by molar-refractivity contribution is 7.92. The average molecular weight is 469 g/mol. The van der Waals surface area contributed by atoms with E-state index in [0.29, 0.717) is 37.6 Å². The number of hydrogen-bond donors (Lipinski definition) is 1. The second kappa shape index (κ2) is 7.50. The van der Waals surface area contributed by atoms with Gasteiger partial charge in [0.2, 0.25) is 0 Å². The Bertz CT molecular complexity index is 1320. The van der Waals surface area contributed by atoms with E-state index in [2.05, 4.69) is 54.4 Å². The Morgan fingerprint density at radius 1 is 1.24 bits per heavy atom. The summed E-state index contributed by atoms with van der Waals surface area (Å²) in [4.78, 5) is 16.8. The molecule has 0 aromatic carbocycles. The lowest BCUT2D eigenvalue weighted by atomic mass is 10.1. The molecule has 1 saturated heterocycles. The molecule has 2 aliphatic rings. The quantitative estimate of drug-likeness (QED) is 0.618. The van der Waals surface area contributed by atoms with Gasteiger partial charge in [0.25, 0.3) is 0 Å². The highest BCUT2D eigenvalue weighted by Crippen LogP contribution is 2.52. The summed E-state index contributed by atoms with van der Waals surface area (Å²) in [6, 6.07) is 6.14. The number of rotatable bonds is 4. The van der Waals surface area contributed by atoms with Crippen molar-refractivity contribution in [2.24, 2.45) is 0 Å². The van der Waals surface area contributed by atoms with Crippen molar-refractivity contribution < 1.29 is 8.95 Å². The Labute approximate surface area is 195 Å². The molecule has 176 valence electrons. The van der Waals surface area contributed by atoms with Crippen LogP contribution in [0.1, 0.15) is 46.2 Å². The van der Waals surface area contributed by atoms with Crippen molar-refractivity contribution in [1.82, 2.24) is 19.5 Å². The molecule has 4 heterocycles. The van der Waals surface area contributed by atoms with Crippen LogP contribution in [0.4, 0.5) is 5.82 Å². The van der Waals surface area contributed by atoms with Crippen LogP contribution < -0.4 is 4.90 Å². The normalized spacial score (nSPS) is 22.3. The van der Waals surface area contributed by atoms with Crippen LogP contribution in [0.25, 0.3) is 22.4 Å². The van der Waals surface area contributed by atoms with E-state index in [1.807, 2.05) is 12.1 Å². The Morgan fingerprint density at radius 3 is 2.64 bits per heavy atom. The van der Waals surface area contributed by atoms with Crippen molar-refractivity contribution in [3.8, 4) is 11.4 Å². The lowest BCUT2D eigenvalue weighted by Crippen LogP contribution is -2.44. The average Bonchev–Trinajstić information content (AvgIpc) is 3.46. The van der Waals surface area contributed by atoms with E-state index in [0.717, 1.165) is 29.0 Å². The topological polar surface area (TPSA) is 97.0 Å². The predicted molar refractivity (Wildman–Crippen MR) is 131 cm³/mol. The van der Waals surface area contributed by atoms with Crippen LogP contribution in [0.3, 0.4) is 0 Å². The monoisotopic (exact) mass is 468 g/mol. The van der Waals surface area contributed by atoms with E-state index in [1.165, 1.54) is 6.26 Å². The van der Waals surface area contributed by atoms with Gasteiger partial charge in [0.1, 0.15) is 11.5 Å². The van der Waals surface area contributed by atoms with Gasteiger partial charge in [-0.3, -0.25) is 4.78 Å². The van der Waals surface area contributed by atoms with Crippen LogP contribution in [-0.2, 0) is 24.8 Å². The molecule has 1 unspecified atom stereocenters. The van der Waals surface area contributed by atoms with E-state index in [9.17, 15) is 4.21 Å². The minimum atomic E-state index is -2.81. The van der Waals surface area contributed by atoms with Crippen LogP contribution in [0.5, 0.6) is 0 Å². The number of ether oxygens (including phenoxy) is 1. The summed E-state index contributed by atoms with van der Waals surface area (Å²) >= 11 is 0. The van der Waals surface area contributed by atoms with Crippen molar-refractivity contribution in [2.45, 2.75) is 56.9 Å². The molecular weight excluding hydrogens is 436 g/mol. The molecule has 2 atom stereocenters. The van der Waals surface area contributed by atoms with E-state index < -0.39 is 14.5 Å². The van der Waals surface area contributed by atoms with Crippen molar-refractivity contribution in [1.29, 1.82) is 4.78 Å². The van der Waals surface area contributed by atoms with Crippen LogP contribution in [0.2, 0.25) is 0 Å². The zero-order valence-corrected chi connectivity index (χ0v) is 20.8. The molecule has 5 rings (SSSR count). The standard InChI is InChI=1S/C24H32N6O2S/c1-16-15-32-13-12-29(16)20-14-19(24(8-9-24)33(5,25)31)27-21(28-20)17-6-10-26-22-18(17)7-11-30(22)23(2,3)4/h6-7,10-11,14,16,25H,8-9,12-13,15H2,1-5H3/t16-,33?/m1/s1. The first-order chi connectivity index (χ1) is 15.5. The fraction of sp³-hybridized carbons (Fsp3) is 0.542. The Balaban J connectivity index is 1.72. The highest BCUT2D eigenvalue weighted by Gasteiger charge is 2.53. The molecule has 0 bridgehead atoms. The molecule has 0 amide bonds. The van der Waals surface area contributed by atoms with Gasteiger partial charge >= 0.3 is 0 Å². The van der Waals surface area contributed by atoms with E-state index >= 15 is 0 Å². The smallest absolute Gasteiger partial charge is 0.162 e. The third kappa shape index (κ3) is 3.71. The second-order valence-corrected chi connectivity index (χ2v) is 12.8. The maximum Gasteiger partial charge on any atom is 0.162 e. The van der Waals surface area contributed by atoms with Crippen molar-refractivity contribution in [2.75, 3.05) is 30.9 Å². The fourth-order valence-electron chi connectivity index (χ4n) is 4.74. The van der Waals surface area contributed by atoms with Crippen LogP contribution >= 0.6 is 0 Å². The van der Waals surface area contributed by atoms with Gasteiger partial charge in [0.15, 0.2) is 5.82 Å². The summed E-state index contributed by atoms with van der Waals surface area (Å²) < 4.78 is 28.4. The maximum atomic E-state index is 13.0. The van der Waals surface area contributed by atoms with Gasteiger partial charge in [0.05, 0.1) is 39.4 Å². The molecule has 8 nitrogen and oxygen atoms in total. The van der Waals surface area contributed by atoms with Gasteiger partial charge in [-0.2, -0.15) is 0 Å². The lowest BCUT2D eigenvalue weighted by Gasteiger charge is -2.35. The molecule has 3 aromatic heterocycles. The Kier molecular flexibility index (Phi) is 5.06. The molecule has 1 aliphatic carbocycles. The minimum Gasteiger partial charge on any atom is -0.377 e. The number of morpholine rings is 1. The number of anilines is 1. The summed E-state index contributed by atoms with van der Waals surface area (Å²) in [6.07, 6.45) is 6.82. The van der Waals surface area contributed by atoms with Crippen molar-refractivity contribution >= 4 is 26.6 Å². The molecule has 3 aromatic rings. The number of nitrogens with zero attached hydrogens (tertiary/aromatic N) is 5. The van der Waals surface area contributed by atoms with Gasteiger partial charge < -0.3 is 14.2 Å². The van der Waals surface area contributed by atoms with Gasteiger partial charge in [-0.15, -0.1) is 0 Å². The Morgan fingerprint density at radius 2 is 2.00 bits per heavy atom. The number of aromatic nitrogens is 4. The SMILES string of the molecule is C[C@@H]1COCCN1c1cc(C2(S(C)(=N)=O)CC2)nc(-c2ccnc3c2ccn3C(C)(C)C)n1. The van der Waals surface area contributed by atoms with Crippen molar-refractivity contribution in [3.05, 3.63) is 36.3 Å². The third-order valence-electron chi connectivity index (χ3n) is 6.84. The first-order valence-electron chi connectivity index (χ1n) is 11.5. The number of hydrogen-bond acceptors (Lipinski definition) is 7. The van der Waals surface area contributed by atoms with E-state index in [4.69, 9.17) is 19.5 Å². The molecular formula is C24H32N6O2S. The zero-order valence-electron chi connectivity index (χ0n) is 20.0. The summed E-state index contributed by atoms with van der Waals surface area (Å²) in [5.41, 5.74) is 2.39. The van der Waals surface area contributed by atoms with Gasteiger partial charge in [0, 0.05) is 47.7 Å². The third-order valence-corrected chi connectivity index (χ3v) is 8.95. The summed E-state index contributed by atoms with van der Waals surface area (Å²) in [6.45, 7) is 10.6.